The van der Waals surface area contributed by atoms with Crippen molar-refractivity contribution in [1.29, 1.82) is 0 Å². The number of nitrogens with zero attached hydrogens (tertiary/aromatic N) is 2. The summed E-state index contributed by atoms with van der Waals surface area (Å²) in [5, 5.41) is 4.92. The van der Waals surface area contributed by atoms with Crippen LogP contribution in [0, 0.1) is 6.92 Å². The number of aromatic nitrogens is 1. The minimum absolute atomic E-state index is 0.00787. The average molecular weight is 376 g/mol. The number of benzene rings is 1. The van der Waals surface area contributed by atoms with Gasteiger partial charge in [0, 0.05) is 24.1 Å². The van der Waals surface area contributed by atoms with E-state index >= 15 is 0 Å². The van der Waals surface area contributed by atoms with Crippen molar-refractivity contribution in [2.24, 2.45) is 0 Å². The van der Waals surface area contributed by atoms with E-state index in [-0.39, 0.29) is 17.9 Å². The van der Waals surface area contributed by atoms with Crippen LogP contribution in [0.25, 0.3) is 0 Å². The highest BCUT2D eigenvalue weighted by Crippen LogP contribution is 2.22. The van der Waals surface area contributed by atoms with Gasteiger partial charge in [-0.25, -0.2) is 4.98 Å². The maximum absolute atomic E-state index is 12.6. The van der Waals surface area contributed by atoms with Gasteiger partial charge in [-0.2, -0.15) is 0 Å². The molecule has 2 aromatic rings. The molecule has 7 heteroatoms. The van der Waals surface area contributed by atoms with Gasteiger partial charge in [0.1, 0.15) is 6.04 Å². The highest BCUT2D eigenvalue weighted by molar-refractivity contribution is 7.99. The van der Waals surface area contributed by atoms with E-state index in [4.69, 9.17) is 0 Å². The second-order valence-corrected chi connectivity index (χ2v) is 7.78. The highest BCUT2D eigenvalue weighted by Gasteiger charge is 2.34. The summed E-state index contributed by atoms with van der Waals surface area (Å²) in [6, 6.07) is 7.57. The summed E-state index contributed by atoms with van der Waals surface area (Å²) in [6.45, 7) is 2.57. The van der Waals surface area contributed by atoms with Crippen LogP contribution in [0.15, 0.2) is 35.2 Å². The molecule has 2 heterocycles. The maximum atomic E-state index is 12.6. The number of rotatable bonds is 6. The number of carbonyl (C=O) groups is 2. The standard InChI is InChI=1S/C18H21N3O2S2/c1-13-2-4-14(5-3-13)8-17(22)21-12-25-10-16(21)18(23)19-7-6-15-9-24-11-20-15/h2-5,9,11,16H,6-8,10,12H2,1H3,(H,19,23). The Morgan fingerprint density at radius 2 is 2.12 bits per heavy atom. The van der Waals surface area contributed by atoms with Crippen molar-refractivity contribution in [3.63, 3.8) is 0 Å². The first kappa shape index (κ1) is 17.9. The summed E-state index contributed by atoms with van der Waals surface area (Å²) in [5.41, 5.74) is 4.93. The molecule has 2 amide bonds. The van der Waals surface area contributed by atoms with Crippen LogP contribution in [0.5, 0.6) is 0 Å². The molecule has 0 saturated carbocycles. The van der Waals surface area contributed by atoms with Gasteiger partial charge in [-0.15, -0.1) is 23.1 Å². The molecule has 1 atom stereocenters. The Morgan fingerprint density at radius 3 is 2.84 bits per heavy atom. The molecule has 3 rings (SSSR count). The fraction of sp³-hybridized carbons (Fsp3) is 0.389. The minimum atomic E-state index is -0.376. The van der Waals surface area contributed by atoms with E-state index in [0.29, 0.717) is 31.0 Å². The Bertz CT molecular complexity index is 716. The zero-order chi connectivity index (χ0) is 17.6. The molecule has 0 spiro atoms. The Balaban J connectivity index is 1.52. The summed E-state index contributed by atoms with van der Waals surface area (Å²) in [4.78, 5) is 31.0. The lowest BCUT2D eigenvalue weighted by atomic mass is 10.1. The van der Waals surface area contributed by atoms with Crippen molar-refractivity contribution in [2.75, 3.05) is 18.2 Å². The number of nitrogens with one attached hydrogen (secondary N) is 1. The molecule has 5 nitrogen and oxygen atoms in total. The molecular formula is C18H21N3O2S2. The molecule has 1 aromatic carbocycles. The number of carbonyl (C=O) groups excluding carboxylic acids is 2. The van der Waals surface area contributed by atoms with Gasteiger partial charge in [-0.05, 0) is 12.5 Å². The van der Waals surface area contributed by atoms with Crippen LogP contribution in [0.4, 0.5) is 0 Å². The Labute approximate surface area is 155 Å². The fourth-order valence-corrected chi connectivity index (χ4v) is 4.45. The number of hydrogen-bond acceptors (Lipinski definition) is 5. The molecule has 1 aliphatic heterocycles. The van der Waals surface area contributed by atoms with Gasteiger partial charge in [-0.3, -0.25) is 9.59 Å². The zero-order valence-electron chi connectivity index (χ0n) is 14.1. The van der Waals surface area contributed by atoms with Crippen LogP contribution in [0.2, 0.25) is 0 Å². The number of hydrogen-bond donors (Lipinski definition) is 1. The molecule has 1 aromatic heterocycles. The Kier molecular flexibility index (Phi) is 6.09. The van der Waals surface area contributed by atoms with Crippen molar-refractivity contribution in [3.05, 3.63) is 52.0 Å². The van der Waals surface area contributed by atoms with Crippen LogP contribution in [0.1, 0.15) is 16.8 Å². The van der Waals surface area contributed by atoms with Crippen molar-refractivity contribution >= 4 is 34.9 Å². The van der Waals surface area contributed by atoms with Crippen LogP contribution in [-0.4, -0.2) is 45.9 Å². The third kappa shape index (κ3) is 4.83. The molecule has 1 aliphatic rings. The second kappa shape index (κ2) is 8.49. The molecule has 1 fully saturated rings. The first-order valence-electron chi connectivity index (χ1n) is 8.21. The van der Waals surface area contributed by atoms with Crippen LogP contribution in [-0.2, 0) is 22.4 Å². The van der Waals surface area contributed by atoms with Crippen molar-refractivity contribution in [2.45, 2.75) is 25.8 Å². The highest BCUT2D eigenvalue weighted by atomic mass is 32.2. The molecular weight excluding hydrogens is 354 g/mol. The topological polar surface area (TPSA) is 62.3 Å². The number of thioether (sulfide) groups is 1. The molecule has 1 N–H and O–H groups in total. The van der Waals surface area contributed by atoms with Gasteiger partial charge in [0.2, 0.25) is 11.8 Å². The van der Waals surface area contributed by atoms with Crippen molar-refractivity contribution in [3.8, 4) is 0 Å². The quantitative estimate of drug-likeness (QED) is 0.841. The lowest BCUT2D eigenvalue weighted by Gasteiger charge is -2.23. The molecule has 0 aliphatic carbocycles. The van der Waals surface area contributed by atoms with Gasteiger partial charge in [0.15, 0.2) is 0 Å². The van der Waals surface area contributed by atoms with E-state index < -0.39 is 0 Å². The molecule has 25 heavy (non-hydrogen) atoms. The first-order chi connectivity index (χ1) is 12.1. The van der Waals surface area contributed by atoms with Crippen LogP contribution < -0.4 is 5.32 Å². The predicted octanol–water partition coefficient (Wildman–Crippen LogP) is 2.25. The molecule has 0 radical (unpaired) electrons. The average Bonchev–Trinajstić information content (AvgIpc) is 3.28. The van der Waals surface area contributed by atoms with Crippen LogP contribution >= 0.6 is 23.1 Å². The Morgan fingerprint density at radius 1 is 1.32 bits per heavy atom. The normalized spacial score (nSPS) is 16.8. The molecule has 0 bridgehead atoms. The van der Waals surface area contributed by atoms with Crippen molar-refractivity contribution in [1.82, 2.24) is 15.2 Å². The number of amides is 2. The monoisotopic (exact) mass is 375 g/mol. The SMILES string of the molecule is Cc1ccc(CC(=O)N2CSCC2C(=O)NCCc2cscn2)cc1. The van der Waals surface area contributed by atoms with E-state index in [9.17, 15) is 9.59 Å². The second-order valence-electron chi connectivity index (χ2n) is 6.06. The third-order valence-electron chi connectivity index (χ3n) is 4.15. The summed E-state index contributed by atoms with van der Waals surface area (Å²) < 4.78 is 0. The predicted molar refractivity (Wildman–Crippen MR) is 102 cm³/mol. The lowest BCUT2D eigenvalue weighted by molar-refractivity contribution is -0.137. The molecule has 132 valence electrons. The molecule has 1 saturated heterocycles. The van der Waals surface area contributed by atoms with E-state index in [1.54, 1.807) is 33.5 Å². The van der Waals surface area contributed by atoms with Gasteiger partial charge < -0.3 is 10.2 Å². The summed E-state index contributed by atoms with van der Waals surface area (Å²) in [7, 11) is 0. The van der Waals surface area contributed by atoms with Gasteiger partial charge in [0.25, 0.3) is 0 Å². The molecule has 1 unspecified atom stereocenters. The van der Waals surface area contributed by atoms with Crippen molar-refractivity contribution < 1.29 is 9.59 Å². The van der Waals surface area contributed by atoms with E-state index in [1.807, 2.05) is 36.6 Å². The van der Waals surface area contributed by atoms with E-state index in [2.05, 4.69) is 10.3 Å². The van der Waals surface area contributed by atoms with E-state index in [0.717, 1.165) is 11.3 Å². The number of thiazole rings is 1. The minimum Gasteiger partial charge on any atom is -0.354 e. The summed E-state index contributed by atoms with van der Waals surface area (Å²) in [6.07, 6.45) is 1.05. The summed E-state index contributed by atoms with van der Waals surface area (Å²) in [5.74, 6) is 1.17. The Hall–Kier alpha value is -1.86. The van der Waals surface area contributed by atoms with E-state index in [1.165, 1.54) is 5.56 Å². The van der Waals surface area contributed by atoms with Gasteiger partial charge >= 0.3 is 0 Å². The summed E-state index contributed by atoms with van der Waals surface area (Å²) >= 11 is 3.17. The van der Waals surface area contributed by atoms with Crippen LogP contribution in [0.3, 0.4) is 0 Å². The van der Waals surface area contributed by atoms with Gasteiger partial charge in [-0.1, -0.05) is 29.8 Å². The lowest BCUT2D eigenvalue weighted by Crippen LogP contribution is -2.48. The number of aryl methyl sites for hydroxylation is 1. The maximum Gasteiger partial charge on any atom is 0.243 e. The van der Waals surface area contributed by atoms with Gasteiger partial charge in [0.05, 0.1) is 23.5 Å². The largest absolute Gasteiger partial charge is 0.354 e. The fourth-order valence-electron chi connectivity index (χ4n) is 2.68. The third-order valence-corrected chi connectivity index (χ3v) is 5.79. The smallest absolute Gasteiger partial charge is 0.243 e. The zero-order valence-corrected chi connectivity index (χ0v) is 15.7. The first-order valence-corrected chi connectivity index (χ1v) is 10.3.